The largest absolute Gasteiger partial charge is 0.368 e. The first kappa shape index (κ1) is 9.85. The molecule has 1 saturated heterocycles. The Bertz CT molecular complexity index is 342. The third-order valence-corrected chi connectivity index (χ3v) is 2.42. The maximum absolute atomic E-state index is 11.2. The van der Waals surface area contributed by atoms with Crippen LogP contribution in [0.1, 0.15) is 0 Å². The number of nitrogens with one attached hydrogen (secondary N) is 1. The Balaban J connectivity index is 2.22. The van der Waals surface area contributed by atoms with E-state index in [-0.39, 0.29) is 11.9 Å². The highest BCUT2D eigenvalue weighted by Gasteiger charge is 2.27. The molecule has 6 heteroatoms. The number of hydrogen-bond acceptors (Lipinski definition) is 5. The van der Waals surface area contributed by atoms with Crippen LogP contribution < -0.4 is 16.0 Å². The van der Waals surface area contributed by atoms with E-state index in [1.54, 1.807) is 18.6 Å². The van der Waals surface area contributed by atoms with Gasteiger partial charge in [0.25, 0.3) is 0 Å². The Morgan fingerprint density at radius 1 is 1.60 bits per heavy atom. The maximum atomic E-state index is 11.2. The summed E-state index contributed by atoms with van der Waals surface area (Å²) < 4.78 is 0. The van der Waals surface area contributed by atoms with E-state index in [0.29, 0.717) is 18.9 Å². The molecule has 80 valence electrons. The summed E-state index contributed by atoms with van der Waals surface area (Å²) in [7, 11) is 0. The molecule has 0 bridgehead atoms. The molecule has 1 aromatic rings. The third-order valence-electron chi connectivity index (χ3n) is 2.42. The van der Waals surface area contributed by atoms with E-state index in [1.807, 2.05) is 4.90 Å². The second-order valence-corrected chi connectivity index (χ2v) is 3.38. The summed E-state index contributed by atoms with van der Waals surface area (Å²) in [4.78, 5) is 21.3. The number of aromatic nitrogens is 2. The van der Waals surface area contributed by atoms with Gasteiger partial charge in [-0.2, -0.15) is 0 Å². The minimum Gasteiger partial charge on any atom is -0.368 e. The molecule has 1 aromatic heterocycles. The predicted molar refractivity (Wildman–Crippen MR) is 55.2 cm³/mol. The van der Waals surface area contributed by atoms with Gasteiger partial charge in [0.05, 0.1) is 6.20 Å². The van der Waals surface area contributed by atoms with E-state index in [0.717, 1.165) is 6.54 Å². The smallest absolute Gasteiger partial charge is 0.241 e. The van der Waals surface area contributed by atoms with Crippen LogP contribution >= 0.6 is 0 Å². The molecule has 0 spiro atoms. The molecule has 3 N–H and O–H groups in total. The quantitative estimate of drug-likeness (QED) is 0.632. The summed E-state index contributed by atoms with van der Waals surface area (Å²) in [5.41, 5.74) is 5.33. The summed E-state index contributed by atoms with van der Waals surface area (Å²) in [6.07, 6.45) is 4.85. The molecule has 0 aliphatic carbocycles. The molecule has 1 atom stereocenters. The number of primary amides is 1. The maximum Gasteiger partial charge on any atom is 0.241 e. The van der Waals surface area contributed by atoms with Gasteiger partial charge in [0.15, 0.2) is 0 Å². The van der Waals surface area contributed by atoms with Crippen molar-refractivity contribution in [2.24, 2.45) is 5.73 Å². The lowest BCUT2D eigenvalue weighted by atomic mass is 10.2. The zero-order valence-electron chi connectivity index (χ0n) is 8.26. The molecule has 0 saturated carbocycles. The summed E-state index contributed by atoms with van der Waals surface area (Å²) >= 11 is 0. The number of rotatable bonds is 2. The molecule has 1 amide bonds. The Labute approximate surface area is 87.5 Å². The monoisotopic (exact) mass is 207 g/mol. The van der Waals surface area contributed by atoms with Gasteiger partial charge >= 0.3 is 0 Å². The first-order valence-corrected chi connectivity index (χ1v) is 4.82. The fourth-order valence-corrected chi connectivity index (χ4v) is 1.67. The van der Waals surface area contributed by atoms with E-state index < -0.39 is 0 Å². The predicted octanol–water partition coefficient (Wildman–Crippen LogP) is -1.26. The SMILES string of the molecule is NC(=O)C1CNCCN1c1cnccn1. The van der Waals surface area contributed by atoms with Crippen molar-refractivity contribution in [2.45, 2.75) is 6.04 Å². The Kier molecular flexibility index (Phi) is 2.77. The standard InChI is InChI=1S/C9H13N5O/c10-9(15)7-5-12-3-4-14(7)8-6-11-1-2-13-8/h1-2,6-7,12H,3-5H2,(H2,10,15). The summed E-state index contributed by atoms with van der Waals surface area (Å²) in [6.45, 7) is 2.10. The van der Waals surface area contributed by atoms with Crippen LogP contribution in [0.15, 0.2) is 18.6 Å². The molecule has 15 heavy (non-hydrogen) atoms. The number of nitrogens with zero attached hydrogens (tertiary/aromatic N) is 3. The molecule has 1 fully saturated rings. The summed E-state index contributed by atoms with van der Waals surface area (Å²) in [5.74, 6) is 0.357. The van der Waals surface area contributed by atoms with E-state index >= 15 is 0 Å². The lowest BCUT2D eigenvalue weighted by Crippen LogP contribution is -2.57. The summed E-state index contributed by atoms with van der Waals surface area (Å²) in [5, 5.41) is 3.13. The van der Waals surface area contributed by atoms with Crippen LogP contribution in [0.3, 0.4) is 0 Å². The Hall–Kier alpha value is -1.69. The van der Waals surface area contributed by atoms with Gasteiger partial charge in [-0.15, -0.1) is 0 Å². The minimum atomic E-state index is -0.340. The molecule has 1 aliphatic heterocycles. The van der Waals surface area contributed by atoms with Crippen LogP contribution in [0.2, 0.25) is 0 Å². The van der Waals surface area contributed by atoms with E-state index in [1.165, 1.54) is 0 Å². The molecule has 0 aromatic carbocycles. The van der Waals surface area contributed by atoms with Crippen LogP contribution in [0, 0.1) is 0 Å². The van der Waals surface area contributed by atoms with Crippen molar-refractivity contribution in [3.05, 3.63) is 18.6 Å². The second-order valence-electron chi connectivity index (χ2n) is 3.38. The van der Waals surface area contributed by atoms with Gasteiger partial charge < -0.3 is 16.0 Å². The van der Waals surface area contributed by atoms with Crippen molar-refractivity contribution in [3.8, 4) is 0 Å². The van der Waals surface area contributed by atoms with Crippen LogP contribution in [0.25, 0.3) is 0 Å². The van der Waals surface area contributed by atoms with Crippen molar-refractivity contribution >= 4 is 11.7 Å². The van der Waals surface area contributed by atoms with Gasteiger partial charge in [-0.25, -0.2) is 4.98 Å². The molecule has 1 unspecified atom stereocenters. The molecular weight excluding hydrogens is 194 g/mol. The lowest BCUT2D eigenvalue weighted by Gasteiger charge is -2.34. The van der Waals surface area contributed by atoms with Crippen molar-refractivity contribution in [1.29, 1.82) is 0 Å². The van der Waals surface area contributed by atoms with Gasteiger partial charge in [-0.1, -0.05) is 0 Å². The topological polar surface area (TPSA) is 84.1 Å². The van der Waals surface area contributed by atoms with Crippen LogP contribution in [0.4, 0.5) is 5.82 Å². The number of nitrogens with two attached hydrogens (primary N) is 1. The first-order valence-electron chi connectivity index (χ1n) is 4.82. The van der Waals surface area contributed by atoms with E-state index in [9.17, 15) is 4.79 Å². The van der Waals surface area contributed by atoms with Gasteiger partial charge in [-0.3, -0.25) is 9.78 Å². The Morgan fingerprint density at radius 3 is 3.13 bits per heavy atom. The van der Waals surface area contributed by atoms with Crippen molar-refractivity contribution < 1.29 is 4.79 Å². The fourth-order valence-electron chi connectivity index (χ4n) is 1.67. The van der Waals surface area contributed by atoms with Gasteiger partial charge in [0, 0.05) is 32.0 Å². The number of piperazine rings is 1. The number of carbonyl (C=O) groups is 1. The minimum absolute atomic E-state index is 0.338. The molecule has 1 aliphatic rings. The van der Waals surface area contributed by atoms with Crippen LogP contribution in [-0.2, 0) is 4.79 Å². The van der Waals surface area contributed by atoms with Crippen LogP contribution in [-0.4, -0.2) is 41.6 Å². The lowest BCUT2D eigenvalue weighted by molar-refractivity contribution is -0.119. The molecule has 6 nitrogen and oxygen atoms in total. The average molecular weight is 207 g/mol. The zero-order chi connectivity index (χ0) is 10.7. The third kappa shape index (κ3) is 2.04. The number of hydrogen-bond donors (Lipinski definition) is 2. The van der Waals surface area contributed by atoms with Crippen molar-refractivity contribution in [1.82, 2.24) is 15.3 Å². The van der Waals surface area contributed by atoms with Gasteiger partial charge in [0.1, 0.15) is 11.9 Å². The van der Waals surface area contributed by atoms with Crippen molar-refractivity contribution in [2.75, 3.05) is 24.5 Å². The average Bonchev–Trinajstić information content (AvgIpc) is 2.30. The van der Waals surface area contributed by atoms with E-state index in [4.69, 9.17) is 5.73 Å². The zero-order valence-corrected chi connectivity index (χ0v) is 8.26. The van der Waals surface area contributed by atoms with Crippen molar-refractivity contribution in [3.63, 3.8) is 0 Å². The normalized spacial score (nSPS) is 21.3. The number of carbonyl (C=O) groups excluding carboxylic acids is 1. The molecule has 2 rings (SSSR count). The van der Waals surface area contributed by atoms with E-state index in [2.05, 4.69) is 15.3 Å². The number of amides is 1. The number of anilines is 1. The highest BCUT2D eigenvalue weighted by atomic mass is 16.1. The van der Waals surface area contributed by atoms with Crippen LogP contribution in [0.5, 0.6) is 0 Å². The molecular formula is C9H13N5O. The highest BCUT2D eigenvalue weighted by Crippen LogP contribution is 2.13. The van der Waals surface area contributed by atoms with Gasteiger partial charge in [0.2, 0.25) is 5.91 Å². The first-order chi connectivity index (χ1) is 7.29. The molecule has 2 heterocycles. The second kappa shape index (κ2) is 4.22. The Morgan fingerprint density at radius 2 is 2.47 bits per heavy atom. The fraction of sp³-hybridized carbons (Fsp3) is 0.444. The molecule has 0 radical (unpaired) electrons. The van der Waals surface area contributed by atoms with Gasteiger partial charge in [-0.05, 0) is 0 Å². The highest BCUT2D eigenvalue weighted by molar-refractivity contribution is 5.83. The summed E-state index contributed by atoms with van der Waals surface area (Å²) in [6, 6.07) is -0.338.